The highest BCUT2D eigenvalue weighted by molar-refractivity contribution is 5.72. The average Bonchev–Trinajstić information content (AvgIpc) is 2.60. The van der Waals surface area contributed by atoms with Crippen molar-refractivity contribution in [2.75, 3.05) is 36.1 Å². The molecule has 9 heteroatoms. The van der Waals surface area contributed by atoms with E-state index >= 15 is 0 Å². The van der Waals surface area contributed by atoms with Crippen LogP contribution >= 0.6 is 0 Å². The highest BCUT2D eigenvalue weighted by atomic mass is 16.6. The third-order valence-electron chi connectivity index (χ3n) is 4.57. The number of ether oxygens (including phenoxy) is 1. The van der Waals surface area contributed by atoms with Crippen molar-refractivity contribution in [1.29, 1.82) is 0 Å². The quantitative estimate of drug-likeness (QED) is 0.606. The van der Waals surface area contributed by atoms with Gasteiger partial charge in [-0.05, 0) is 30.4 Å². The summed E-state index contributed by atoms with van der Waals surface area (Å²) >= 11 is 0. The Morgan fingerprint density at radius 3 is 2.63 bits per heavy atom. The molecule has 144 valence electrons. The smallest absolute Gasteiger partial charge is 0.353 e. The van der Waals surface area contributed by atoms with E-state index in [9.17, 15) is 10.1 Å². The van der Waals surface area contributed by atoms with Crippen LogP contribution in [0.2, 0.25) is 0 Å². The van der Waals surface area contributed by atoms with E-state index in [0.717, 1.165) is 6.42 Å². The second-order valence-corrected chi connectivity index (χ2v) is 7.07. The summed E-state index contributed by atoms with van der Waals surface area (Å²) in [7, 11) is 1.58. The molecule has 2 atom stereocenters. The lowest BCUT2D eigenvalue weighted by Crippen LogP contribution is -2.39. The van der Waals surface area contributed by atoms with Crippen LogP contribution in [0.25, 0.3) is 0 Å². The van der Waals surface area contributed by atoms with Gasteiger partial charge in [0.2, 0.25) is 17.6 Å². The molecule has 1 fully saturated rings. The van der Waals surface area contributed by atoms with E-state index in [1.54, 1.807) is 13.2 Å². The predicted octanol–water partition coefficient (Wildman–Crippen LogP) is 3.20. The molecule has 0 amide bonds. The first kappa shape index (κ1) is 18.7. The third-order valence-corrected chi connectivity index (χ3v) is 4.57. The van der Waals surface area contributed by atoms with Gasteiger partial charge < -0.3 is 20.7 Å². The topological polar surface area (TPSA) is 119 Å². The first-order valence-corrected chi connectivity index (χ1v) is 8.85. The van der Waals surface area contributed by atoms with Gasteiger partial charge in [0, 0.05) is 24.8 Å². The van der Waals surface area contributed by atoms with Crippen LogP contribution in [0, 0.1) is 22.0 Å². The van der Waals surface area contributed by atoms with Crippen molar-refractivity contribution in [3.63, 3.8) is 0 Å². The van der Waals surface area contributed by atoms with Crippen molar-refractivity contribution in [3.8, 4) is 5.75 Å². The number of nitrogen functional groups attached to an aromatic ring is 1. The zero-order valence-electron chi connectivity index (χ0n) is 15.7. The van der Waals surface area contributed by atoms with Crippen molar-refractivity contribution in [3.05, 3.63) is 34.4 Å². The number of methoxy groups -OCH3 is 1. The minimum atomic E-state index is -0.510. The molecule has 1 aliphatic rings. The lowest BCUT2D eigenvalue weighted by Gasteiger charge is -2.35. The van der Waals surface area contributed by atoms with Crippen LogP contribution in [0.15, 0.2) is 24.3 Å². The summed E-state index contributed by atoms with van der Waals surface area (Å²) in [6, 6.07) is 7.25. The van der Waals surface area contributed by atoms with E-state index in [1.807, 2.05) is 23.1 Å². The maximum atomic E-state index is 11.6. The van der Waals surface area contributed by atoms with E-state index < -0.39 is 4.92 Å². The minimum Gasteiger partial charge on any atom is -0.497 e. The lowest BCUT2D eigenvalue weighted by atomic mass is 9.92. The first-order chi connectivity index (χ1) is 12.9. The molecule has 0 radical (unpaired) electrons. The van der Waals surface area contributed by atoms with Gasteiger partial charge in [0.1, 0.15) is 5.75 Å². The van der Waals surface area contributed by atoms with Gasteiger partial charge in [-0.25, -0.2) is 0 Å². The Labute approximate surface area is 157 Å². The number of nitro groups is 1. The highest BCUT2D eigenvalue weighted by Crippen LogP contribution is 2.36. The van der Waals surface area contributed by atoms with Gasteiger partial charge in [-0.1, -0.05) is 19.9 Å². The lowest BCUT2D eigenvalue weighted by molar-refractivity contribution is -0.383. The number of hydrogen-bond acceptors (Lipinski definition) is 8. The monoisotopic (exact) mass is 372 g/mol. The zero-order chi connectivity index (χ0) is 19.6. The average molecular weight is 372 g/mol. The van der Waals surface area contributed by atoms with Crippen LogP contribution in [0.1, 0.15) is 20.3 Å². The number of hydrogen-bond donors (Lipinski definition) is 2. The predicted molar refractivity (Wildman–Crippen MR) is 105 cm³/mol. The van der Waals surface area contributed by atoms with Crippen molar-refractivity contribution >= 4 is 29.0 Å². The maximum absolute atomic E-state index is 11.6. The molecule has 3 rings (SSSR count). The van der Waals surface area contributed by atoms with E-state index in [1.165, 1.54) is 0 Å². The van der Waals surface area contributed by atoms with Crippen molar-refractivity contribution in [2.24, 2.45) is 11.8 Å². The molecule has 1 aromatic heterocycles. The van der Waals surface area contributed by atoms with Gasteiger partial charge in [-0.2, -0.15) is 9.97 Å². The molecule has 2 aromatic rings. The second-order valence-electron chi connectivity index (χ2n) is 7.07. The van der Waals surface area contributed by atoms with Crippen LogP contribution in [0.3, 0.4) is 0 Å². The fourth-order valence-electron chi connectivity index (χ4n) is 3.58. The number of benzene rings is 1. The molecule has 0 bridgehead atoms. The number of nitrogens with zero attached hydrogens (tertiary/aromatic N) is 4. The fourth-order valence-corrected chi connectivity index (χ4v) is 3.58. The van der Waals surface area contributed by atoms with Gasteiger partial charge in [0.15, 0.2) is 0 Å². The van der Waals surface area contributed by atoms with Crippen LogP contribution in [0.5, 0.6) is 5.75 Å². The van der Waals surface area contributed by atoms with Crippen LogP contribution in [0.4, 0.5) is 29.0 Å². The van der Waals surface area contributed by atoms with Gasteiger partial charge >= 0.3 is 5.69 Å². The zero-order valence-corrected chi connectivity index (χ0v) is 15.7. The Hall–Kier alpha value is -3.10. The Kier molecular flexibility index (Phi) is 5.29. The summed E-state index contributed by atoms with van der Waals surface area (Å²) in [5.74, 6) is 1.83. The van der Waals surface area contributed by atoms with Crippen molar-refractivity contribution < 1.29 is 9.66 Å². The largest absolute Gasteiger partial charge is 0.497 e. The molecule has 27 heavy (non-hydrogen) atoms. The van der Waals surface area contributed by atoms with Crippen LogP contribution in [-0.4, -0.2) is 35.1 Å². The van der Waals surface area contributed by atoms with E-state index in [2.05, 4.69) is 29.1 Å². The van der Waals surface area contributed by atoms with Crippen LogP contribution < -0.4 is 20.7 Å². The Morgan fingerprint density at radius 2 is 2.00 bits per heavy atom. The normalized spacial score (nSPS) is 19.6. The number of piperidine rings is 1. The molecule has 0 unspecified atom stereocenters. The molecule has 0 aliphatic carbocycles. The third kappa shape index (κ3) is 4.18. The molecule has 2 heterocycles. The molecule has 0 spiro atoms. The SMILES string of the molecule is COc1cccc(Nc2nc(N)c([N+](=O)[O-])c(N3C[C@@H](C)C[C@H](C)C3)n2)c1. The molecule has 1 saturated heterocycles. The standard InChI is InChI=1S/C18H24N6O3/c1-11-7-12(2)10-23(9-11)17-15(24(25)26)16(19)21-18(22-17)20-13-5-4-6-14(8-13)27-3/h4-6,8,11-12H,7,9-10H2,1-3H3,(H3,19,20,21,22)/t11-,12-/m0/s1. The Balaban J connectivity index is 1.99. The highest BCUT2D eigenvalue weighted by Gasteiger charge is 2.31. The Bertz CT molecular complexity index is 834. The molecule has 1 aromatic carbocycles. The summed E-state index contributed by atoms with van der Waals surface area (Å²) < 4.78 is 5.21. The molecule has 0 saturated carbocycles. The maximum Gasteiger partial charge on any atom is 0.353 e. The van der Waals surface area contributed by atoms with Gasteiger partial charge in [0.25, 0.3) is 0 Å². The first-order valence-electron chi connectivity index (χ1n) is 8.85. The van der Waals surface area contributed by atoms with Crippen molar-refractivity contribution in [2.45, 2.75) is 20.3 Å². The summed E-state index contributed by atoms with van der Waals surface area (Å²) in [5.41, 5.74) is 6.38. The Morgan fingerprint density at radius 1 is 1.30 bits per heavy atom. The molecular weight excluding hydrogens is 348 g/mol. The van der Waals surface area contributed by atoms with Gasteiger partial charge in [-0.15, -0.1) is 0 Å². The summed E-state index contributed by atoms with van der Waals surface area (Å²) in [5, 5.41) is 14.6. The number of nitrogens with one attached hydrogen (secondary N) is 1. The number of rotatable bonds is 5. The van der Waals surface area contributed by atoms with Crippen molar-refractivity contribution in [1.82, 2.24) is 9.97 Å². The van der Waals surface area contributed by atoms with Gasteiger partial charge in [-0.3, -0.25) is 10.1 Å². The molecular formula is C18H24N6O3. The number of aromatic nitrogens is 2. The minimum absolute atomic E-state index is 0.152. The van der Waals surface area contributed by atoms with Crippen LogP contribution in [-0.2, 0) is 0 Å². The van der Waals surface area contributed by atoms with E-state index in [4.69, 9.17) is 10.5 Å². The van der Waals surface area contributed by atoms with Gasteiger partial charge in [0.05, 0.1) is 12.0 Å². The summed E-state index contributed by atoms with van der Waals surface area (Å²) in [6.45, 7) is 5.66. The molecule has 1 aliphatic heterocycles. The van der Waals surface area contributed by atoms with E-state index in [0.29, 0.717) is 36.4 Å². The number of nitrogens with two attached hydrogens (primary N) is 1. The molecule has 3 N–H and O–H groups in total. The fraction of sp³-hybridized carbons (Fsp3) is 0.444. The van der Waals surface area contributed by atoms with E-state index in [-0.39, 0.29) is 23.3 Å². The summed E-state index contributed by atoms with van der Waals surface area (Å²) in [6.07, 6.45) is 1.08. The number of anilines is 4. The molecule has 9 nitrogen and oxygen atoms in total. The summed E-state index contributed by atoms with van der Waals surface area (Å²) in [4.78, 5) is 21.5. The second kappa shape index (κ2) is 7.65.